The molecule has 22 heavy (non-hydrogen) atoms. The van der Waals surface area contributed by atoms with E-state index in [2.05, 4.69) is 15.4 Å². The van der Waals surface area contributed by atoms with Crippen LogP contribution in [0.2, 0.25) is 0 Å². The van der Waals surface area contributed by atoms with Crippen LogP contribution in [-0.2, 0) is 11.3 Å². The van der Waals surface area contributed by atoms with Crippen molar-refractivity contribution in [2.75, 3.05) is 12.4 Å². The van der Waals surface area contributed by atoms with Gasteiger partial charge in [0, 0.05) is 12.2 Å². The summed E-state index contributed by atoms with van der Waals surface area (Å²) in [6, 6.07) is 14.3. The second-order valence-electron chi connectivity index (χ2n) is 4.81. The Bertz CT molecular complexity index is 669. The van der Waals surface area contributed by atoms with Gasteiger partial charge < -0.3 is 15.4 Å². The molecule has 0 fully saturated rings. The van der Waals surface area contributed by atoms with Crippen LogP contribution in [0.25, 0.3) is 0 Å². The van der Waals surface area contributed by atoms with E-state index in [1.165, 1.54) is 7.11 Å². The number of hydrogen-bond acceptors (Lipinski definition) is 3. The van der Waals surface area contributed by atoms with Gasteiger partial charge in [0.25, 0.3) is 0 Å². The van der Waals surface area contributed by atoms with Gasteiger partial charge in [-0.05, 0) is 30.2 Å². The van der Waals surface area contributed by atoms with Crippen LogP contribution in [0.1, 0.15) is 21.5 Å². The van der Waals surface area contributed by atoms with E-state index in [0.717, 1.165) is 11.1 Å². The molecule has 0 saturated heterocycles. The van der Waals surface area contributed by atoms with Crippen molar-refractivity contribution in [3.05, 3.63) is 65.2 Å². The van der Waals surface area contributed by atoms with Gasteiger partial charge in [0.05, 0.1) is 12.7 Å². The minimum atomic E-state index is -0.437. The van der Waals surface area contributed by atoms with Gasteiger partial charge in [-0.3, -0.25) is 0 Å². The van der Waals surface area contributed by atoms with E-state index >= 15 is 0 Å². The molecule has 0 aliphatic rings. The van der Waals surface area contributed by atoms with E-state index in [-0.39, 0.29) is 6.03 Å². The van der Waals surface area contributed by atoms with Crippen molar-refractivity contribution < 1.29 is 14.3 Å². The monoisotopic (exact) mass is 298 g/mol. The van der Waals surface area contributed by atoms with Crippen LogP contribution < -0.4 is 10.6 Å². The number of aryl methyl sites for hydroxylation is 1. The molecule has 2 aromatic carbocycles. The van der Waals surface area contributed by atoms with Crippen molar-refractivity contribution in [2.24, 2.45) is 0 Å². The Hall–Kier alpha value is -2.82. The lowest BCUT2D eigenvalue weighted by atomic mass is 10.1. The molecule has 0 spiro atoms. The van der Waals surface area contributed by atoms with E-state index in [1.54, 1.807) is 18.2 Å². The van der Waals surface area contributed by atoms with Crippen LogP contribution in [-0.4, -0.2) is 19.1 Å². The molecular formula is C17H18N2O3. The topological polar surface area (TPSA) is 67.4 Å². The smallest absolute Gasteiger partial charge is 0.337 e. The van der Waals surface area contributed by atoms with Crippen LogP contribution in [0.4, 0.5) is 10.5 Å². The average Bonchev–Trinajstić information content (AvgIpc) is 2.55. The second-order valence-corrected chi connectivity index (χ2v) is 4.81. The lowest BCUT2D eigenvalue weighted by Crippen LogP contribution is -2.28. The number of nitrogens with one attached hydrogen (secondary N) is 2. The first-order valence-electron chi connectivity index (χ1n) is 6.88. The number of methoxy groups -OCH3 is 1. The Morgan fingerprint density at radius 1 is 1.09 bits per heavy atom. The minimum absolute atomic E-state index is 0.325. The van der Waals surface area contributed by atoms with Crippen molar-refractivity contribution >= 4 is 17.7 Å². The highest BCUT2D eigenvalue weighted by Crippen LogP contribution is 2.17. The van der Waals surface area contributed by atoms with Gasteiger partial charge in [0.1, 0.15) is 0 Å². The van der Waals surface area contributed by atoms with Crippen LogP contribution in [0.3, 0.4) is 0 Å². The van der Waals surface area contributed by atoms with Gasteiger partial charge in [0.2, 0.25) is 0 Å². The molecule has 2 N–H and O–H groups in total. The molecule has 2 aromatic rings. The lowest BCUT2D eigenvalue weighted by Gasteiger charge is -2.11. The molecule has 2 amide bonds. The molecule has 114 valence electrons. The largest absolute Gasteiger partial charge is 0.465 e. The second kappa shape index (κ2) is 7.26. The third-order valence-electron chi connectivity index (χ3n) is 3.20. The third-order valence-corrected chi connectivity index (χ3v) is 3.20. The Morgan fingerprint density at radius 2 is 1.82 bits per heavy atom. The molecule has 0 aliphatic heterocycles. The summed E-state index contributed by atoms with van der Waals surface area (Å²) in [4.78, 5) is 23.5. The first-order valence-corrected chi connectivity index (χ1v) is 6.88. The summed E-state index contributed by atoms with van der Waals surface area (Å²) >= 11 is 0. The van der Waals surface area contributed by atoms with Gasteiger partial charge in [-0.15, -0.1) is 0 Å². The zero-order valence-corrected chi connectivity index (χ0v) is 12.6. The van der Waals surface area contributed by atoms with Crippen molar-refractivity contribution in [1.29, 1.82) is 0 Å². The Morgan fingerprint density at radius 3 is 2.50 bits per heavy atom. The fourth-order valence-corrected chi connectivity index (χ4v) is 1.95. The van der Waals surface area contributed by atoms with Gasteiger partial charge >= 0.3 is 12.0 Å². The molecule has 0 atom stereocenters. The molecular weight excluding hydrogens is 280 g/mol. The maximum Gasteiger partial charge on any atom is 0.337 e. The number of benzene rings is 2. The maximum absolute atomic E-state index is 12.0. The zero-order chi connectivity index (χ0) is 15.9. The van der Waals surface area contributed by atoms with Gasteiger partial charge in [0.15, 0.2) is 0 Å². The number of carbonyl (C=O) groups excluding carboxylic acids is 2. The molecule has 2 rings (SSSR count). The lowest BCUT2D eigenvalue weighted by molar-refractivity contribution is 0.0600. The molecule has 0 bridgehead atoms. The number of esters is 1. The van der Waals surface area contributed by atoms with E-state index in [9.17, 15) is 9.59 Å². The molecule has 0 unspecified atom stereocenters. The molecule has 0 saturated carbocycles. The van der Waals surface area contributed by atoms with Crippen molar-refractivity contribution in [2.45, 2.75) is 13.5 Å². The molecule has 0 aromatic heterocycles. The average molecular weight is 298 g/mol. The Balaban J connectivity index is 2.00. The first-order chi connectivity index (χ1) is 10.6. The highest BCUT2D eigenvalue weighted by molar-refractivity contribution is 5.94. The number of anilines is 1. The molecule has 0 radical (unpaired) electrons. The zero-order valence-electron chi connectivity index (χ0n) is 12.6. The standard InChI is InChI=1S/C17H18N2O3/c1-12-8-9-14(16(20)22-2)10-15(12)19-17(21)18-11-13-6-4-3-5-7-13/h3-10H,11H2,1-2H3,(H2,18,19,21). The fourth-order valence-electron chi connectivity index (χ4n) is 1.95. The van der Waals surface area contributed by atoms with Crippen LogP contribution in [0, 0.1) is 6.92 Å². The molecule has 0 aliphatic carbocycles. The first kappa shape index (κ1) is 15.6. The van der Waals surface area contributed by atoms with Crippen molar-refractivity contribution in [3.63, 3.8) is 0 Å². The summed E-state index contributed by atoms with van der Waals surface area (Å²) in [5.74, 6) is -0.437. The molecule has 0 heterocycles. The number of rotatable bonds is 4. The van der Waals surface area contributed by atoms with Gasteiger partial charge in [-0.1, -0.05) is 36.4 Å². The SMILES string of the molecule is COC(=O)c1ccc(C)c(NC(=O)NCc2ccccc2)c1. The number of carbonyl (C=O) groups is 2. The minimum Gasteiger partial charge on any atom is -0.465 e. The third kappa shape index (κ3) is 4.09. The summed E-state index contributed by atoms with van der Waals surface area (Å²) in [5, 5.41) is 5.51. The summed E-state index contributed by atoms with van der Waals surface area (Å²) in [7, 11) is 1.32. The number of ether oxygens (including phenoxy) is 1. The predicted octanol–water partition coefficient (Wildman–Crippen LogP) is 3.10. The highest BCUT2D eigenvalue weighted by atomic mass is 16.5. The molecule has 5 heteroatoms. The van der Waals surface area contributed by atoms with Gasteiger partial charge in [-0.2, -0.15) is 0 Å². The number of urea groups is 1. The summed E-state index contributed by atoms with van der Waals surface area (Å²) in [5.41, 5.74) is 2.85. The highest BCUT2D eigenvalue weighted by Gasteiger charge is 2.10. The van der Waals surface area contributed by atoms with E-state index in [0.29, 0.717) is 17.8 Å². The van der Waals surface area contributed by atoms with Crippen molar-refractivity contribution in [1.82, 2.24) is 5.32 Å². The number of amides is 2. The quantitative estimate of drug-likeness (QED) is 0.852. The van der Waals surface area contributed by atoms with E-state index in [4.69, 9.17) is 0 Å². The van der Waals surface area contributed by atoms with Gasteiger partial charge in [-0.25, -0.2) is 9.59 Å². The van der Waals surface area contributed by atoms with Crippen LogP contribution in [0.5, 0.6) is 0 Å². The van der Waals surface area contributed by atoms with E-state index in [1.807, 2.05) is 37.3 Å². The summed E-state index contributed by atoms with van der Waals surface area (Å²) < 4.78 is 4.67. The Labute approximate surface area is 129 Å². The summed E-state index contributed by atoms with van der Waals surface area (Å²) in [6.45, 7) is 2.29. The van der Waals surface area contributed by atoms with Crippen LogP contribution in [0.15, 0.2) is 48.5 Å². The predicted molar refractivity (Wildman–Crippen MR) is 84.8 cm³/mol. The van der Waals surface area contributed by atoms with Crippen LogP contribution >= 0.6 is 0 Å². The molecule has 5 nitrogen and oxygen atoms in total. The maximum atomic E-state index is 12.0. The van der Waals surface area contributed by atoms with E-state index < -0.39 is 5.97 Å². The number of hydrogen-bond donors (Lipinski definition) is 2. The normalized spacial score (nSPS) is 9.91. The summed E-state index contributed by atoms with van der Waals surface area (Å²) in [6.07, 6.45) is 0. The van der Waals surface area contributed by atoms with Crippen molar-refractivity contribution in [3.8, 4) is 0 Å². The Kier molecular flexibility index (Phi) is 5.14. The fraction of sp³-hybridized carbons (Fsp3) is 0.176.